The van der Waals surface area contributed by atoms with E-state index in [1.54, 1.807) is 29.2 Å². The number of ether oxygens (including phenoxy) is 1. The molecule has 2 aromatic rings. The van der Waals surface area contributed by atoms with Crippen molar-refractivity contribution < 1.29 is 19.1 Å². The Kier molecular flexibility index (Phi) is 4.74. The molecular weight excluding hydrogens is 370 g/mol. The Morgan fingerprint density at radius 1 is 1.07 bits per heavy atom. The number of hydrogen-bond acceptors (Lipinski definition) is 4. The van der Waals surface area contributed by atoms with Gasteiger partial charge in [-0.2, -0.15) is 0 Å². The molecule has 3 atom stereocenters. The number of nitrogens with zero attached hydrogens (tertiary/aromatic N) is 1. The lowest BCUT2D eigenvalue weighted by molar-refractivity contribution is -0.137. The number of piperidine rings is 1. The fourth-order valence-electron chi connectivity index (χ4n) is 4.03. The molecule has 0 radical (unpaired) electrons. The number of benzene rings is 2. The average molecular weight is 393 g/mol. The van der Waals surface area contributed by atoms with E-state index in [2.05, 4.69) is 12.2 Å². The van der Waals surface area contributed by atoms with E-state index in [0.29, 0.717) is 23.5 Å². The number of likely N-dealkylation sites (tertiary alicyclic amines) is 1. The molecule has 0 spiro atoms. The van der Waals surface area contributed by atoms with E-state index in [1.165, 1.54) is 0 Å². The van der Waals surface area contributed by atoms with Crippen molar-refractivity contribution in [3.8, 4) is 11.5 Å². The minimum atomic E-state index is -0.586. The molecule has 2 aliphatic rings. The predicted octanol–water partition coefficient (Wildman–Crippen LogP) is 2.07. The van der Waals surface area contributed by atoms with E-state index in [9.17, 15) is 14.4 Å². The van der Waals surface area contributed by atoms with Crippen molar-refractivity contribution in [3.63, 3.8) is 0 Å². The summed E-state index contributed by atoms with van der Waals surface area (Å²) in [6.45, 7) is 1.88. The molecule has 1 heterocycles. The first-order valence-corrected chi connectivity index (χ1v) is 9.59. The Morgan fingerprint density at radius 2 is 1.72 bits per heavy atom. The fourth-order valence-corrected chi connectivity index (χ4v) is 4.03. The van der Waals surface area contributed by atoms with Crippen LogP contribution >= 0.6 is 0 Å². The van der Waals surface area contributed by atoms with Crippen LogP contribution in [-0.4, -0.2) is 41.2 Å². The van der Waals surface area contributed by atoms with E-state index in [1.807, 2.05) is 30.3 Å². The van der Waals surface area contributed by atoms with Gasteiger partial charge < -0.3 is 20.7 Å². The number of primary amides is 1. The second-order valence-corrected chi connectivity index (χ2v) is 7.92. The minimum absolute atomic E-state index is 0.0199. The number of carbonyl (C=O) groups is 3. The van der Waals surface area contributed by atoms with Crippen molar-refractivity contribution in [2.45, 2.75) is 31.8 Å². The van der Waals surface area contributed by atoms with Crippen LogP contribution in [0, 0.1) is 5.41 Å². The summed E-state index contributed by atoms with van der Waals surface area (Å²) in [7, 11) is 0. The van der Waals surface area contributed by atoms with E-state index >= 15 is 0 Å². The molecular formula is C22H23N3O4. The highest BCUT2D eigenvalue weighted by atomic mass is 16.5. The van der Waals surface area contributed by atoms with Crippen molar-refractivity contribution in [1.82, 2.24) is 10.2 Å². The number of para-hydroxylation sites is 1. The molecule has 0 aromatic heterocycles. The van der Waals surface area contributed by atoms with Crippen LogP contribution in [-0.2, 0) is 9.59 Å². The molecule has 7 heteroatoms. The lowest BCUT2D eigenvalue weighted by atomic mass is 10.0. The predicted molar refractivity (Wildman–Crippen MR) is 106 cm³/mol. The lowest BCUT2D eigenvalue weighted by Gasteiger charge is -2.25. The highest BCUT2D eigenvalue weighted by molar-refractivity contribution is 5.97. The molecule has 1 aliphatic carbocycles. The topological polar surface area (TPSA) is 102 Å². The number of nitrogens with one attached hydrogen (secondary N) is 1. The summed E-state index contributed by atoms with van der Waals surface area (Å²) in [5.41, 5.74) is 5.85. The number of carbonyl (C=O) groups excluding carboxylic acids is 3. The first kappa shape index (κ1) is 19.0. The molecule has 1 saturated carbocycles. The molecule has 7 nitrogen and oxygen atoms in total. The Morgan fingerprint density at radius 3 is 2.38 bits per heavy atom. The number of amides is 3. The van der Waals surface area contributed by atoms with Crippen LogP contribution in [0.4, 0.5) is 0 Å². The van der Waals surface area contributed by atoms with Crippen LogP contribution < -0.4 is 15.8 Å². The normalized spacial score (nSPS) is 24.5. The molecule has 4 rings (SSSR count). The highest BCUT2D eigenvalue weighted by Gasteiger charge is 2.63. The molecule has 3 amide bonds. The van der Waals surface area contributed by atoms with Crippen LogP contribution in [0.3, 0.4) is 0 Å². The van der Waals surface area contributed by atoms with E-state index in [-0.39, 0.29) is 29.8 Å². The summed E-state index contributed by atoms with van der Waals surface area (Å²) in [6, 6.07) is 15.5. The smallest absolute Gasteiger partial charge is 0.251 e. The molecule has 2 fully saturated rings. The van der Waals surface area contributed by atoms with Gasteiger partial charge in [0.15, 0.2) is 0 Å². The molecule has 0 unspecified atom stereocenters. The van der Waals surface area contributed by atoms with Gasteiger partial charge in [-0.3, -0.25) is 14.4 Å². The van der Waals surface area contributed by atoms with Crippen molar-refractivity contribution in [1.29, 1.82) is 0 Å². The largest absolute Gasteiger partial charge is 0.457 e. The van der Waals surface area contributed by atoms with Crippen molar-refractivity contribution in [2.75, 3.05) is 6.54 Å². The van der Waals surface area contributed by atoms with Gasteiger partial charge in [-0.05, 0) is 54.7 Å². The first-order valence-electron chi connectivity index (χ1n) is 9.59. The SMILES string of the molecule is C[C@@]12C[C@@H](C(N)=O)N(C(=O)CNC(=O)c3ccc(Oc4ccccc4)cc3)[C@@H]1C2. The van der Waals surface area contributed by atoms with Gasteiger partial charge in [-0.1, -0.05) is 25.1 Å². The van der Waals surface area contributed by atoms with Gasteiger partial charge in [0.2, 0.25) is 11.8 Å². The van der Waals surface area contributed by atoms with Crippen LogP contribution in [0.25, 0.3) is 0 Å². The summed E-state index contributed by atoms with van der Waals surface area (Å²) in [6.07, 6.45) is 1.47. The number of nitrogens with two attached hydrogens (primary N) is 1. The quantitative estimate of drug-likeness (QED) is 0.784. The average Bonchev–Trinajstić information content (AvgIpc) is 3.27. The Labute approximate surface area is 168 Å². The number of rotatable bonds is 6. The van der Waals surface area contributed by atoms with Crippen molar-refractivity contribution in [3.05, 3.63) is 60.2 Å². The van der Waals surface area contributed by atoms with Crippen molar-refractivity contribution in [2.24, 2.45) is 11.1 Å². The summed E-state index contributed by atoms with van der Waals surface area (Å²) < 4.78 is 5.70. The molecule has 1 saturated heterocycles. The Balaban J connectivity index is 1.34. The zero-order valence-corrected chi connectivity index (χ0v) is 16.1. The number of hydrogen-bond donors (Lipinski definition) is 2. The van der Waals surface area contributed by atoms with Crippen molar-refractivity contribution >= 4 is 17.7 Å². The fraction of sp³-hybridized carbons (Fsp3) is 0.318. The van der Waals surface area contributed by atoms with Crippen LogP contribution in [0.5, 0.6) is 11.5 Å². The van der Waals surface area contributed by atoms with Gasteiger partial charge in [0.1, 0.15) is 17.5 Å². The summed E-state index contributed by atoms with van der Waals surface area (Å²) in [4.78, 5) is 38.2. The van der Waals surface area contributed by atoms with Gasteiger partial charge in [0, 0.05) is 11.6 Å². The standard InChI is InChI=1S/C22H23N3O4/c1-22-11-17(20(23)27)25(18(22)12-22)19(26)13-24-21(28)14-7-9-16(10-8-14)29-15-5-3-2-4-6-15/h2-10,17-18H,11-13H2,1H3,(H2,23,27)(H,24,28)/t17-,18+,22-/m0/s1. The summed E-state index contributed by atoms with van der Waals surface area (Å²) >= 11 is 0. The Bertz CT molecular complexity index is 944. The molecule has 150 valence electrons. The minimum Gasteiger partial charge on any atom is -0.457 e. The summed E-state index contributed by atoms with van der Waals surface area (Å²) in [5, 5.41) is 2.63. The molecule has 29 heavy (non-hydrogen) atoms. The van der Waals surface area contributed by atoms with E-state index < -0.39 is 11.9 Å². The summed E-state index contributed by atoms with van der Waals surface area (Å²) in [5.74, 6) is 0.178. The molecule has 1 aliphatic heterocycles. The zero-order valence-electron chi connectivity index (χ0n) is 16.1. The van der Waals surface area contributed by atoms with E-state index in [0.717, 1.165) is 6.42 Å². The maximum Gasteiger partial charge on any atom is 0.251 e. The van der Waals surface area contributed by atoms with Crippen LogP contribution in [0.2, 0.25) is 0 Å². The lowest BCUT2D eigenvalue weighted by Crippen LogP contribution is -2.49. The van der Waals surface area contributed by atoms with Gasteiger partial charge in [-0.25, -0.2) is 0 Å². The third-order valence-corrected chi connectivity index (χ3v) is 5.75. The molecule has 3 N–H and O–H groups in total. The van der Waals surface area contributed by atoms with Gasteiger partial charge >= 0.3 is 0 Å². The maximum absolute atomic E-state index is 12.6. The van der Waals surface area contributed by atoms with Gasteiger partial charge in [0.05, 0.1) is 6.54 Å². The monoisotopic (exact) mass is 393 g/mol. The van der Waals surface area contributed by atoms with Crippen LogP contribution in [0.1, 0.15) is 30.1 Å². The third kappa shape index (κ3) is 3.81. The third-order valence-electron chi connectivity index (χ3n) is 5.75. The highest BCUT2D eigenvalue weighted by Crippen LogP contribution is 2.58. The Hall–Kier alpha value is -3.35. The molecule has 2 aromatic carbocycles. The second kappa shape index (κ2) is 7.24. The van der Waals surface area contributed by atoms with Gasteiger partial charge in [0.25, 0.3) is 5.91 Å². The number of fused-ring (bicyclic) bond motifs is 1. The maximum atomic E-state index is 12.6. The first-order chi connectivity index (χ1) is 13.9. The van der Waals surface area contributed by atoms with Gasteiger partial charge in [-0.15, -0.1) is 0 Å². The second-order valence-electron chi connectivity index (χ2n) is 7.92. The molecule has 0 bridgehead atoms. The zero-order chi connectivity index (χ0) is 20.6. The van der Waals surface area contributed by atoms with E-state index in [4.69, 9.17) is 10.5 Å². The van der Waals surface area contributed by atoms with Crippen LogP contribution in [0.15, 0.2) is 54.6 Å².